The molecule has 0 bridgehead atoms. The van der Waals surface area contributed by atoms with Crippen molar-refractivity contribution in [3.63, 3.8) is 0 Å². The highest BCUT2D eigenvalue weighted by Gasteiger charge is 2.19. The van der Waals surface area contributed by atoms with Gasteiger partial charge < -0.3 is 15.2 Å². The minimum absolute atomic E-state index is 0.141. The monoisotopic (exact) mass is 491 g/mol. The minimum atomic E-state index is -3.57. The maximum atomic E-state index is 12.6. The van der Waals surface area contributed by atoms with Crippen LogP contribution >= 0.6 is 11.8 Å². The van der Waals surface area contributed by atoms with E-state index in [4.69, 9.17) is 4.52 Å². The number of nitro benzene ring substituents is 1. The molecule has 33 heavy (non-hydrogen) atoms. The van der Waals surface area contributed by atoms with Crippen LogP contribution in [0.3, 0.4) is 0 Å². The second-order valence-corrected chi connectivity index (χ2v) is 9.94. The molecule has 0 atom stereocenters. The van der Waals surface area contributed by atoms with Crippen LogP contribution in [0.4, 0.5) is 11.4 Å². The molecule has 3 rings (SSSR count). The number of rotatable bonds is 10. The zero-order valence-electron chi connectivity index (χ0n) is 17.8. The predicted molar refractivity (Wildman–Crippen MR) is 122 cm³/mol. The predicted octanol–water partition coefficient (Wildman–Crippen LogP) is 2.82. The topological polar surface area (TPSA) is 157 Å². The van der Waals surface area contributed by atoms with Gasteiger partial charge in [0, 0.05) is 37.2 Å². The molecule has 0 radical (unpaired) electrons. The van der Waals surface area contributed by atoms with E-state index in [1.165, 1.54) is 23.9 Å². The highest BCUT2D eigenvalue weighted by Crippen LogP contribution is 2.28. The molecule has 1 amide bonds. The molecule has 0 unspecified atom stereocenters. The van der Waals surface area contributed by atoms with E-state index in [-0.39, 0.29) is 35.3 Å². The second-order valence-electron chi connectivity index (χ2n) is 6.91. The van der Waals surface area contributed by atoms with Crippen LogP contribution in [-0.2, 0) is 15.6 Å². The quantitative estimate of drug-likeness (QED) is 0.187. The maximum Gasteiger partial charge on any atom is 0.293 e. The van der Waals surface area contributed by atoms with Crippen LogP contribution in [0, 0.1) is 17.0 Å². The van der Waals surface area contributed by atoms with Crippen LogP contribution in [0.2, 0.25) is 0 Å². The van der Waals surface area contributed by atoms with E-state index < -0.39 is 14.8 Å². The normalized spacial score (nSPS) is 11.2. The Kier molecular flexibility index (Phi) is 7.66. The third-order valence-corrected chi connectivity index (χ3v) is 6.56. The molecule has 11 nitrogen and oxygen atoms in total. The first kappa shape index (κ1) is 24.2. The van der Waals surface area contributed by atoms with Crippen molar-refractivity contribution in [2.24, 2.45) is 0 Å². The SMILES string of the molecule is Cc1nc(CSc2ccccc2C(=O)NCCNc2ccc(S(C)(=O)=O)cc2[N+](=O)[O-])no1. The number of aromatic nitrogens is 2. The molecule has 0 aliphatic carbocycles. The van der Waals surface area contributed by atoms with E-state index in [0.717, 1.165) is 17.2 Å². The first-order valence-corrected chi connectivity index (χ1v) is 12.5. The van der Waals surface area contributed by atoms with Gasteiger partial charge in [0.25, 0.3) is 11.6 Å². The Labute approximate surface area is 194 Å². The first-order valence-electron chi connectivity index (χ1n) is 9.66. The van der Waals surface area contributed by atoms with Crippen molar-refractivity contribution in [3.05, 3.63) is 69.9 Å². The number of hydrogen-bond donors (Lipinski definition) is 2. The summed E-state index contributed by atoms with van der Waals surface area (Å²) in [6, 6.07) is 10.7. The lowest BCUT2D eigenvalue weighted by molar-refractivity contribution is -0.384. The molecule has 3 aromatic rings. The van der Waals surface area contributed by atoms with E-state index in [0.29, 0.717) is 23.0 Å². The van der Waals surface area contributed by atoms with Crippen LogP contribution in [0.25, 0.3) is 0 Å². The highest BCUT2D eigenvalue weighted by molar-refractivity contribution is 7.98. The van der Waals surface area contributed by atoms with Crippen molar-refractivity contribution in [1.29, 1.82) is 0 Å². The fourth-order valence-electron chi connectivity index (χ4n) is 2.83. The second kappa shape index (κ2) is 10.4. The molecular weight excluding hydrogens is 470 g/mol. The van der Waals surface area contributed by atoms with Gasteiger partial charge in [-0.25, -0.2) is 8.42 Å². The number of hydrogen-bond acceptors (Lipinski definition) is 10. The largest absolute Gasteiger partial charge is 0.378 e. The van der Waals surface area contributed by atoms with E-state index in [2.05, 4.69) is 20.8 Å². The number of benzene rings is 2. The molecule has 0 saturated heterocycles. The summed E-state index contributed by atoms with van der Waals surface area (Å²) < 4.78 is 28.2. The summed E-state index contributed by atoms with van der Waals surface area (Å²) in [6.45, 7) is 2.08. The van der Waals surface area contributed by atoms with Gasteiger partial charge in [-0.3, -0.25) is 14.9 Å². The number of nitro groups is 1. The summed E-state index contributed by atoms with van der Waals surface area (Å²) in [6.07, 6.45) is 0.980. The van der Waals surface area contributed by atoms with Gasteiger partial charge in [-0.1, -0.05) is 17.3 Å². The summed E-state index contributed by atoms with van der Waals surface area (Å²) in [5.74, 6) is 1.14. The van der Waals surface area contributed by atoms with Crippen LogP contribution in [-0.4, -0.2) is 48.7 Å². The van der Waals surface area contributed by atoms with Gasteiger partial charge in [-0.2, -0.15) is 4.98 Å². The Hall–Kier alpha value is -3.45. The van der Waals surface area contributed by atoms with Gasteiger partial charge >= 0.3 is 0 Å². The molecule has 0 aliphatic rings. The van der Waals surface area contributed by atoms with Gasteiger partial charge in [0.05, 0.1) is 21.1 Å². The Morgan fingerprint density at radius 3 is 2.64 bits per heavy atom. The van der Waals surface area contributed by atoms with E-state index >= 15 is 0 Å². The lowest BCUT2D eigenvalue weighted by Crippen LogP contribution is -2.29. The fourth-order valence-corrected chi connectivity index (χ4v) is 4.37. The van der Waals surface area contributed by atoms with Crippen molar-refractivity contribution in [1.82, 2.24) is 15.5 Å². The Morgan fingerprint density at radius 1 is 1.21 bits per heavy atom. The molecule has 0 fully saturated rings. The smallest absolute Gasteiger partial charge is 0.293 e. The van der Waals surface area contributed by atoms with Gasteiger partial charge in [-0.05, 0) is 24.3 Å². The number of aryl methyl sites for hydroxylation is 1. The summed E-state index contributed by atoms with van der Waals surface area (Å²) in [7, 11) is -3.57. The molecule has 2 aromatic carbocycles. The van der Waals surface area contributed by atoms with Crippen molar-refractivity contribution < 1.29 is 22.7 Å². The van der Waals surface area contributed by atoms with Crippen LogP contribution < -0.4 is 10.6 Å². The van der Waals surface area contributed by atoms with Crippen LogP contribution in [0.15, 0.2) is 56.8 Å². The number of carbonyl (C=O) groups excluding carboxylic acids is 1. The van der Waals surface area contributed by atoms with Crippen LogP contribution in [0.1, 0.15) is 22.1 Å². The van der Waals surface area contributed by atoms with Gasteiger partial charge in [0.15, 0.2) is 15.7 Å². The summed E-state index contributed by atoms with van der Waals surface area (Å²) >= 11 is 1.40. The Bertz CT molecular complexity index is 1280. The molecule has 174 valence electrons. The lowest BCUT2D eigenvalue weighted by Gasteiger charge is -2.11. The zero-order valence-corrected chi connectivity index (χ0v) is 19.4. The zero-order chi connectivity index (χ0) is 24.0. The highest BCUT2D eigenvalue weighted by atomic mass is 32.2. The minimum Gasteiger partial charge on any atom is -0.378 e. The average molecular weight is 492 g/mol. The summed E-state index contributed by atoms with van der Waals surface area (Å²) in [5.41, 5.74) is 0.280. The molecule has 0 saturated carbocycles. The molecule has 0 spiro atoms. The van der Waals surface area contributed by atoms with Crippen LogP contribution in [0.5, 0.6) is 0 Å². The lowest BCUT2D eigenvalue weighted by atomic mass is 10.2. The summed E-state index contributed by atoms with van der Waals surface area (Å²) in [5, 5.41) is 20.8. The average Bonchev–Trinajstić information content (AvgIpc) is 3.19. The molecular formula is C20H21N5O6S2. The Balaban J connectivity index is 1.58. The Morgan fingerprint density at radius 2 is 1.97 bits per heavy atom. The fraction of sp³-hybridized carbons (Fsp3) is 0.250. The number of nitrogens with zero attached hydrogens (tertiary/aromatic N) is 3. The molecule has 0 aliphatic heterocycles. The summed E-state index contributed by atoms with van der Waals surface area (Å²) in [4.78, 5) is 28.0. The number of sulfone groups is 1. The number of thioether (sulfide) groups is 1. The first-order chi connectivity index (χ1) is 15.6. The molecule has 2 N–H and O–H groups in total. The number of amides is 1. The van der Waals surface area contributed by atoms with E-state index in [1.807, 2.05) is 12.1 Å². The van der Waals surface area contributed by atoms with Crippen molar-refractivity contribution in [3.8, 4) is 0 Å². The van der Waals surface area contributed by atoms with Crippen molar-refractivity contribution in [2.75, 3.05) is 24.7 Å². The van der Waals surface area contributed by atoms with E-state index in [9.17, 15) is 23.3 Å². The third-order valence-electron chi connectivity index (χ3n) is 4.38. The standard InChI is InChI=1S/C20H21N5O6S2/c1-13-23-19(24-31-13)12-32-18-6-4-3-5-15(18)20(26)22-10-9-21-16-8-7-14(33(2,29)30)11-17(16)25(27)28/h3-8,11,21H,9-10,12H2,1-2H3,(H,22,26). The number of nitrogens with one attached hydrogen (secondary N) is 2. The number of anilines is 1. The third kappa shape index (κ3) is 6.52. The molecule has 1 aromatic heterocycles. The van der Waals surface area contributed by atoms with Gasteiger partial charge in [0.2, 0.25) is 5.89 Å². The van der Waals surface area contributed by atoms with Crippen molar-refractivity contribution >= 4 is 38.9 Å². The molecule has 13 heteroatoms. The number of carbonyl (C=O) groups is 1. The van der Waals surface area contributed by atoms with Crippen molar-refractivity contribution in [2.45, 2.75) is 22.5 Å². The van der Waals surface area contributed by atoms with Gasteiger partial charge in [-0.15, -0.1) is 11.8 Å². The van der Waals surface area contributed by atoms with Gasteiger partial charge in [0.1, 0.15) is 5.69 Å². The molecule has 1 heterocycles. The maximum absolute atomic E-state index is 12.6. The van der Waals surface area contributed by atoms with E-state index in [1.54, 1.807) is 19.1 Å².